The summed E-state index contributed by atoms with van der Waals surface area (Å²) < 4.78 is 1.76. The maximum Gasteiger partial charge on any atom is 0.113 e. The zero-order chi connectivity index (χ0) is 9.14. The monoisotopic (exact) mass is 353 g/mol. The van der Waals surface area contributed by atoms with E-state index in [-0.39, 0.29) is 0 Å². The van der Waals surface area contributed by atoms with Crippen LogP contribution in [0.25, 0.3) is 6.08 Å². The van der Waals surface area contributed by atoms with Gasteiger partial charge in [-0.15, -0.1) is 0 Å². The molecule has 0 radical (unpaired) electrons. The summed E-state index contributed by atoms with van der Waals surface area (Å²) in [5, 5.41) is 0. The van der Waals surface area contributed by atoms with Crippen LogP contribution in [0.3, 0.4) is 0 Å². The van der Waals surface area contributed by atoms with Crippen molar-refractivity contribution in [3.05, 3.63) is 31.4 Å². The first-order valence-electron chi connectivity index (χ1n) is 3.25. The average molecular weight is 356 g/mol. The van der Waals surface area contributed by atoms with E-state index in [0.717, 1.165) is 19.3 Å². The number of pyridine rings is 1. The van der Waals surface area contributed by atoms with Crippen LogP contribution >= 0.6 is 47.8 Å². The van der Waals surface area contributed by atoms with Gasteiger partial charge < -0.3 is 0 Å². The molecule has 0 spiro atoms. The van der Waals surface area contributed by atoms with E-state index < -0.39 is 0 Å². The minimum atomic E-state index is 0.860. The Balaban J connectivity index is 3.10. The summed E-state index contributed by atoms with van der Waals surface area (Å²) in [5.41, 5.74) is 2.05. The number of aryl methyl sites for hydroxylation is 1. The Morgan fingerprint density at radius 1 is 1.42 bits per heavy atom. The second kappa shape index (κ2) is 4.53. The third-order valence-electron chi connectivity index (χ3n) is 1.28. The van der Waals surface area contributed by atoms with E-state index in [9.17, 15) is 0 Å². The molecule has 0 aliphatic carbocycles. The van der Waals surface area contributed by atoms with Crippen LogP contribution in [-0.4, -0.2) is 4.98 Å². The zero-order valence-electron chi connectivity index (χ0n) is 6.31. The van der Waals surface area contributed by atoms with Gasteiger partial charge in [-0.3, -0.25) is 0 Å². The lowest BCUT2D eigenvalue weighted by Crippen LogP contribution is -1.84. The van der Waals surface area contributed by atoms with Gasteiger partial charge in [0.1, 0.15) is 4.60 Å². The van der Waals surface area contributed by atoms with Crippen molar-refractivity contribution in [2.75, 3.05) is 0 Å². The molecule has 0 N–H and O–H groups in total. The van der Waals surface area contributed by atoms with Crippen LogP contribution in [0.5, 0.6) is 0 Å². The first-order valence-corrected chi connectivity index (χ1v) is 5.63. The number of hydrogen-bond acceptors (Lipinski definition) is 1. The molecule has 0 aliphatic heterocycles. The topological polar surface area (TPSA) is 12.9 Å². The van der Waals surface area contributed by atoms with Crippen molar-refractivity contribution in [1.29, 1.82) is 0 Å². The molecule has 0 unspecified atom stereocenters. The summed E-state index contributed by atoms with van der Waals surface area (Å²) in [6.07, 6.45) is 1.94. The standard InChI is InChI=1S/C8H6Br3N/c1-5-2-3-6(4-7(9)10)8(11)12-5/h2-4H,1H3. The Morgan fingerprint density at radius 2 is 2.08 bits per heavy atom. The van der Waals surface area contributed by atoms with Crippen LogP contribution in [0.1, 0.15) is 11.3 Å². The van der Waals surface area contributed by atoms with Gasteiger partial charge in [0.2, 0.25) is 0 Å². The molecule has 4 heteroatoms. The number of aromatic nitrogens is 1. The van der Waals surface area contributed by atoms with Crippen LogP contribution in [0.15, 0.2) is 20.1 Å². The molecule has 1 heterocycles. The van der Waals surface area contributed by atoms with Gasteiger partial charge in [-0.05, 0) is 66.9 Å². The highest BCUT2D eigenvalue weighted by molar-refractivity contribution is 9.28. The van der Waals surface area contributed by atoms with Gasteiger partial charge in [-0.25, -0.2) is 4.98 Å². The Morgan fingerprint density at radius 3 is 2.58 bits per heavy atom. The van der Waals surface area contributed by atoms with Gasteiger partial charge in [-0.1, -0.05) is 6.07 Å². The largest absolute Gasteiger partial charge is 0.246 e. The highest BCUT2D eigenvalue weighted by atomic mass is 79.9. The quantitative estimate of drug-likeness (QED) is 0.687. The summed E-state index contributed by atoms with van der Waals surface area (Å²) in [6.45, 7) is 1.96. The Kier molecular flexibility index (Phi) is 3.93. The lowest BCUT2D eigenvalue weighted by atomic mass is 10.2. The fourth-order valence-electron chi connectivity index (χ4n) is 0.761. The predicted octanol–water partition coefficient (Wildman–Crippen LogP) is 4.24. The molecule has 1 nitrogen and oxygen atoms in total. The van der Waals surface area contributed by atoms with E-state index in [0.29, 0.717) is 0 Å². The molecule has 1 rings (SSSR count). The van der Waals surface area contributed by atoms with E-state index in [1.807, 2.05) is 25.1 Å². The van der Waals surface area contributed by atoms with Gasteiger partial charge >= 0.3 is 0 Å². The number of halogens is 3. The Bertz CT molecular complexity index is 316. The van der Waals surface area contributed by atoms with Crippen molar-refractivity contribution >= 4 is 53.9 Å². The van der Waals surface area contributed by atoms with Crippen molar-refractivity contribution < 1.29 is 0 Å². The molecule has 0 saturated carbocycles. The molecule has 0 saturated heterocycles. The maximum absolute atomic E-state index is 4.26. The molecule has 0 fully saturated rings. The minimum absolute atomic E-state index is 0.860. The van der Waals surface area contributed by atoms with Crippen LogP contribution in [0.2, 0.25) is 0 Å². The molecule has 12 heavy (non-hydrogen) atoms. The van der Waals surface area contributed by atoms with Gasteiger partial charge in [-0.2, -0.15) is 0 Å². The molecule has 1 aromatic rings. The Labute approximate surface area is 96.7 Å². The number of hydrogen-bond donors (Lipinski definition) is 0. The van der Waals surface area contributed by atoms with Gasteiger partial charge in [0, 0.05) is 11.3 Å². The van der Waals surface area contributed by atoms with E-state index >= 15 is 0 Å². The van der Waals surface area contributed by atoms with Crippen molar-refractivity contribution in [2.24, 2.45) is 0 Å². The predicted molar refractivity (Wildman–Crippen MR) is 62.5 cm³/mol. The first kappa shape index (κ1) is 10.4. The van der Waals surface area contributed by atoms with Crippen molar-refractivity contribution in [3.8, 4) is 0 Å². The normalized spacial score (nSPS) is 9.67. The molecular formula is C8H6Br3N. The Hall–Kier alpha value is 0.330. The number of rotatable bonds is 1. The SMILES string of the molecule is Cc1ccc(C=C(Br)Br)c(Br)n1. The minimum Gasteiger partial charge on any atom is -0.246 e. The van der Waals surface area contributed by atoms with E-state index in [1.54, 1.807) is 0 Å². The summed E-state index contributed by atoms with van der Waals surface area (Å²) in [5.74, 6) is 0. The molecule has 0 amide bonds. The second-order valence-electron chi connectivity index (χ2n) is 2.27. The van der Waals surface area contributed by atoms with E-state index in [1.165, 1.54) is 0 Å². The van der Waals surface area contributed by atoms with Gasteiger partial charge in [0.05, 0.1) is 3.39 Å². The molecular weight excluding hydrogens is 350 g/mol. The van der Waals surface area contributed by atoms with Crippen molar-refractivity contribution in [1.82, 2.24) is 4.98 Å². The summed E-state index contributed by atoms with van der Waals surface area (Å²) >= 11 is 9.96. The van der Waals surface area contributed by atoms with Crippen molar-refractivity contribution in [2.45, 2.75) is 6.92 Å². The lowest BCUT2D eigenvalue weighted by molar-refractivity contribution is 1.16. The molecule has 1 aromatic heterocycles. The average Bonchev–Trinajstić information content (AvgIpc) is 1.94. The molecule has 0 atom stereocenters. The second-order valence-corrected chi connectivity index (χ2v) is 5.79. The smallest absolute Gasteiger partial charge is 0.113 e. The summed E-state index contributed by atoms with van der Waals surface area (Å²) in [6, 6.07) is 3.98. The van der Waals surface area contributed by atoms with Crippen LogP contribution < -0.4 is 0 Å². The highest BCUT2D eigenvalue weighted by Gasteiger charge is 1.98. The fourth-order valence-corrected chi connectivity index (χ4v) is 1.78. The number of nitrogens with zero attached hydrogens (tertiary/aromatic N) is 1. The van der Waals surface area contributed by atoms with E-state index in [2.05, 4.69) is 52.8 Å². The molecule has 0 aliphatic rings. The van der Waals surface area contributed by atoms with Crippen molar-refractivity contribution in [3.63, 3.8) is 0 Å². The highest BCUT2D eigenvalue weighted by Crippen LogP contribution is 2.22. The molecule has 0 bridgehead atoms. The van der Waals surface area contributed by atoms with Gasteiger partial charge in [0.25, 0.3) is 0 Å². The third kappa shape index (κ3) is 2.99. The van der Waals surface area contributed by atoms with Crippen LogP contribution in [0.4, 0.5) is 0 Å². The zero-order valence-corrected chi connectivity index (χ0v) is 11.1. The van der Waals surface area contributed by atoms with Crippen LogP contribution in [0, 0.1) is 6.92 Å². The summed E-state index contributed by atoms with van der Waals surface area (Å²) in [7, 11) is 0. The first-order chi connectivity index (χ1) is 5.59. The fraction of sp³-hybridized carbons (Fsp3) is 0.125. The summed E-state index contributed by atoms with van der Waals surface area (Å²) in [4.78, 5) is 4.26. The van der Waals surface area contributed by atoms with Crippen LogP contribution in [-0.2, 0) is 0 Å². The lowest BCUT2D eigenvalue weighted by Gasteiger charge is -1.98. The molecule has 0 aromatic carbocycles. The third-order valence-corrected chi connectivity index (χ3v) is 2.37. The van der Waals surface area contributed by atoms with Gasteiger partial charge in [0.15, 0.2) is 0 Å². The molecule has 64 valence electrons. The maximum atomic E-state index is 4.26. The van der Waals surface area contributed by atoms with E-state index in [4.69, 9.17) is 0 Å².